The molecule has 6 heterocycles. The predicted octanol–water partition coefficient (Wildman–Crippen LogP) is 4.78. The van der Waals surface area contributed by atoms with Crippen molar-refractivity contribution in [2.45, 2.75) is 61.9 Å². The van der Waals surface area contributed by atoms with Gasteiger partial charge in [0.2, 0.25) is 5.91 Å². The van der Waals surface area contributed by atoms with Gasteiger partial charge in [-0.05, 0) is 94.2 Å². The van der Waals surface area contributed by atoms with Gasteiger partial charge in [-0.25, -0.2) is 14.2 Å². The highest BCUT2D eigenvalue weighted by Crippen LogP contribution is 2.34. The van der Waals surface area contributed by atoms with Crippen molar-refractivity contribution >= 4 is 51.3 Å². The molecule has 4 aliphatic rings. The second-order valence-corrected chi connectivity index (χ2v) is 16.4. The molecule has 288 valence electrons. The molecule has 4 fully saturated rings. The monoisotopic (exact) mass is 760 g/mol. The molecule has 2 aromatic carbocycles. The Kier molecular flexibility index (Phi) is 11.2. The van der Waals surface area contributed by atoms with Crippen molar-refractivity contribution in [3.63, 3.8) is 0 Å². The van der Waals surface area contributed by atoms with E-state index in [1.54, 1.807) is 22.7 Å². The van der Waals surface area contributed by atoms with Crippen LogP contribution >= 0.6 is 11.8 Å². The lowest BCUT2D eigenvalue weighted by Gasteiger charge is -2.36. The largest absolute Gasteiger partial charge is 0.493 e. The summed E-state index contributed by atoms with van der Waals surface area (Å²) in [7, 11) is 1.90. The zero-order valence-electron chi connectivity index (χ0n) is 30.9. The first-order chi connectivity index (χ1) is 26.3. The van der Waals surface area contributed by atoms with Crippen LogP contribution in [0.3, 0.4) is 0 Å². The quantitative estimate of drug-likeness (QED) is 0.220. The molecule has 0 radical (unpaired) electrons. The molecular weight excluding hydrogens is 712 g/mol. The molecule has 0 bridgehead atoms. The van der Waals surface area contributed by atoms with Crippen LogP contribution in [-0.4, -0.2) is 112 Å². The van der Waals surface area contributed by atoms with Crippen LogP contribution in [0.4, 0.5) is 15.0 Å². The van der Waals surface area contributed by atoms with E-state index in [4.69, 9.17) is 9.47 Å². The fourth-order valence-corrected chi connectivity index (χ4v) is 9.33. The third kappa shape index (κ3) is 8.28. The highest BCUT2D eigenvalue weighted by atomic mass is 32.2. The number of H-pyrrole nitrogens is 1. The van der Waals surface area contributed by atoms with Crippen LogP contribution in [0.2, 0.25) is 0 Å². The first-order valence-electron chi connectivity index (χ1n) is 19.3. The first kappa shape index (κ1) is 36.9. The molecule has 0 spiro atoms. The average Bonchev–Trinajstić information content (AvgIpc) is 3.51. The van der Waals surface area contributed by atoms with Gasteiger partial charge in [-0.1, -0.05) is 6.07 Å². The number of carbonyl (C=O) groups excluding carboxylic acids is 2. The molecule has 3 amide bonds. The maximum absolute atomic E-state index is 15.0. The van der Waals surface area contributed by atoms with Crippen molar-refractivity contribution < 1.29 is 23.5 Å². The van der Waals surface area contributed by atoms with Gasteiger partial charge in [-0.3, -0.25) is 24.5 Å². The summed E-state index contributed by atoms with van der Waals surface area (Å²) in [6, 6.07) is 9.05. The second-order valence-electron chi connectivity index (χ2n) is 15.1. The van der Waals surface area contributed by atoms with Gasteiger partial charge in [-0.2, -0.15) is 16.9 Å². The summed E-state index contributed by atoms with van der Waals surface area (Å²) in [5.41, 5.74) is 2.18. The Morgan fingerprint density at radius 2 is 1.69 bits per heavy atom. The van der Waals surface area contributed by atoms with E-state index in [9.17, 15) is 14.4 Å². The molecule has 0 aliphatic carbocycles. The number of urea groups is 1. The molecule has 15 heteroatoms. The molecule has 0 saturated carbocycles. The van der Waals surface area contributed by atoms with Crippen LogP contribution in [0.25, 0.3) is 21.8 Å². The minimum Gasteiger partial charge on any atom is -0.493 e. The fraction of sp³-hybridized carbons (Fsp3) is 0.564. The molecule has 0 unspecified atom stereocenters. The molecule has 4 aliphatic heterocycles. The van der Waals surface area contributed by atoms with E-state index >= 15 is 4.39 Å². The smallest absolute Gasteiger partial charge is 0.329 e. The Morgan fingerprint density at radius 1 is 0.944 bits per heavy atom. The maximum atomic E-state index is 15.0. The number of amides is 3. The number of carbonyl (C=O) groups is 2. The van der Waals surface area contributed by atoms with E-state index < -0.39 is 17.4 Å². The normalized spacial score (nSPS) is 20.3. The predicted molar refractivity (Wildman–Crippen MR) is 207 cm³/mol. The van der Waals surface area contributed by atoms with Gasteiger partial charge in [0.15, 0.2) is 5.82 Å². The van der Waals surface area contributed by atoms with E-state index in [0.29, 0.717) is 58.9 Å². The van der Waals surface area contributed by atoms with Crippen LogP contribution in [0.5, 0.6) is 5.75 Å². The van der Waals surface area contributed by atoms with Gasteiger partial charge in [0, 0.05) is 69.1 Å². The van der Waals surface area contributed by atoms with E-state index in [-0.39, 0.29) is 17.7 Å². The number of hydrogen-bond donors (Lipinski definition) is 2. The van der Waals surface area contributed by atoms with E-state index in [2.05, 4.69) is 48.4 Å². The molecule has 8 rings (SSSR count). The Morgan fingerprint density at radius 3 is 2.43 bits per heavy atom. The lowest BCUT2D eigenvalue weighted by Crippen LogP contribution is -2.49. The zero-order valence-corrected chi connectivity index (χ0v) is 31.7. The minimum absolute atomic E-state index is 0.0218. The molecule has 4 saturated heterocycles. The summed E-state index contributed by atoms with van der Waals surface area (Å²) in [5, 5.41) is 8.40. The number of aromatic amines is 1. The molecule has 0 atom stereocenters. The van der Waals surface area contributed by atoms with Crippen molar-refractivity contribution in [1.82, 2.24) is 34.9 Å². The van der Waals surface area contributed by atoms with Crippen LogP contribution in [0.1, 0.15) is 62.3 Å². The summed E-state index contributed by atoms with van der Waals surface area (Å²) >= 11 is 1.76. The van der Waals surface area contributed by atoms with Crippen molar-refractivity contribution in [3.05, 3.63) is 57.9 Å². The summed E-state index contributed by atoms with van der Waals surface area (Å²) in [6.07, 6.45) is 6.50. The second kappa shape index (κ2) is 16.4. The Balaban J connectivity index is 0.777. The van der Waals surface area contributed by atoms with Crippen molar-refractivity contribution in [1.29, 1.82) is 0 Å². The number of thioether (sulfide) groups is 1. The van der Waals surface area contributed by atoms with Crippen LogP contribution in [0, 0.1) is 11.7 Å². The van der Waals surface area contributed by atoms with Crippen molar-refractivity contribution in [3.8, 4) is 5.75 Å². The fourth-order valence-electron chi connectivity index (χ4n) is 8.28. The summed E-state index contributed by atoms with van der Waals surface area (Å²) in [4.78, 5) is 50.9. The third-order valence-electron chi connectivity index (χ3n) is 11.6. The summed E-state index contributed by atoms with van der Waals surface area (Å²) < 4.78 is 28.4. The Labute approximate surface area is 317 Å². The number of anilines is 1. The van der Waals surface area contributed by atoms with Gasteiger partial charge in [-0.15, -0.1) is 0 Å². The highest BCUT2D eigenvalue weighted by molar-refractivity contribution is 7.99. The van der Waals surface area contributed by atoms with Gasteiger partial charge in [0.25, 0.3) is 5.56 Å². The highest BCUT2D eigenvalue weighted by Gasteiger charge is 2.29. The van der Waals surface area contributed by atoms with Crippen LogP contribution in [-0.2, 0) is 22.3 Å². The van der Waals surface area contributed by atoms with E-state index in [0.717, 1.165) is 102 Å². The molecular formula is C39H49FN8O5S. The maximum Gasteiger partial charge on any atom is 0.329 e. The minimum atomic E-state index is -0.604. The summed E-state index contributed by atoms with van der Waals surface area (Å²) in [6.45, 7) is 8.62. The standard InChI is InChI=1S/C39H49FN8O5S/c1-45-33-20-27(2-3-30(33)37(44-45)48-15-8-35(49)43-39(48)51)26-6-13-47(14-7-26)17-16-46-11-4-25(5-12-46)23-53-28-21-31(40)36-32(22-28)41-34(42-38(36)50)24-54-29-9-18-52-19-10-29/h2-3,20-22,25-26,29H,4-19,23-24H2,1H3,(H,41,42,50)(H,43,49,51). The number of fused-ring (bicyclic) bond motifs is 2. The van der Waals surface area contributed by atoms with Crippen LogP contribution in [0.15, 0.2) is 35.1 Å². The van der Waals surface area contributed by atoms with E-state index in [1.165, 1.54) is 11.6 Å². The Bertz CT molecular complexity index is 2050. The number of rotatable bonds is 11. The summed E-state index contributed by atoms with van der Waals surface area (Å²) in [5.74, 6) is 2.15. The zero-order chi connectivity index (χ0) is 37.2. The van der Waals surface area contributed by atoms with Gasteiger partial charge >= 0.3 is 6.03 Å². The topological polar surface area (TPSA) is 138 Å². The first-order valence-corrected chi connectivity index (χ1v) is 20.4. The number of imide groups is 1. The van der Waals surface area contributed by atoms with Gasteiger partial charge in [0.1, 0.15) is 22.8 Å². The number of ether oxygens (including phenoxy) is 2. The number of likely N-dealkylation sites (tertiary alicyclic amines) is 2. The van der Waals surface area contributed by atoms with Crippen molar-refractivity contribution in [2.75, 3.05) is 70.5 Å². The van der Waals surface area contributed by atoms with Crippen LogP contribution < -0.4 is 20.5 Å². The van der Waals surface area contributed by atoms with Crippen molar-refractivity contribution in [2.24, 2.45) is 13.0 Å². The molecule has 13 nitrogen and oxygen atoms in total. The third-order valence-corrected chi connectivity index (χ3v) is 12.9. The number of nitrogens with one attached hydrogen (secondary N) is 2. The Hall–Kier alpha value is -4.05. The number of aromatic nitrogens is 4. The number of nitrogens with zero attached hydrogens (tertiary/aromatic N) is 6. The average molecular weight is 761 g/mol. The number of benzene rings is 2. The van der Waals surface area contributed by atoms with Gasteiger partial charge in [0.05, 0.1) is 23.4 Å². The number of piperidine rings is 2. The lowest BCUT2D eigenvalue weighted by molar-refractivity contribution is -0.120. The lowest BCUT2D eigenvalue weighted by atomic mass is 9.89. The molecule has 4 aromatic rings. The van der Waals surface area contributed by atoms with Gasteiger partial charge < -0.3 is 24.3 Å². The number of aryl methyl sites for hydroxylation is 1. The van der Waals surface area contributed by atoms with E-state index in [1.807, 2.05) is 11.7 Å². The number of hydrogen-bond acceptors (Lipinski definition) is 10. The molecule has 54 heavy (non-hydrogen) atoms. The SMILES string of the molecule is Cn1nc(N2CCC(=O)NC2=O)c2ccc(C3CCN(CCN4CCC(COc5cc(F)c6c(=O)[nH]c(CSC7CCOCC7)nc6c5)CC4)CC3)cc21. The molecule has 2 N–H and O–H groups in total. The molecule has 2 aromatic heterocycles. The number of halogens is 1.